The monoisotopic (exact) mass is 274 g/mol. The molecular weight excluding hydrogens is 256 g/mol. The van der Waals surface area contributed by atoms with E-state index in [1.165, 1.54) is 45.3 Å². The lowest BCUT2D eigenvalue weighted by atomic mass is 9.85. The van der Waals surface area contributed by atoms with Crippen LogP contribution in [-0.2, 0) is 5.54 Å². The number of nitrogens with zero attached hydrogens (tertiary/aromatic N) is 2. The minimum Gasteiger partial charge on any atom is -0.340 e. The van der Waals surface area contributed by atoms with E-state index in [1.807, 2.05) is 11.6 Å². The highest BCUT2D eigenvalue weighted by Crippen LogP contribution is 2.39. The van der Waals surface area contributed by atoms with Gasteiger partial charge in [-0.2, -0.15) is 0 Å². The van der Waals surface area contributed by atoms with E-state index in [-0.39, 0.29) is 11.0 Å². The predicted molar refractivity (Wildman–Crippen MR) is 79.0 cm³/mol. The Morgan fingerprint density at radius 2 is 1.95 bits per heavy atom. The average molecular weight is 274 g/mol. The van der Waals surface area contributed by atoms with Gasteiger partial charge in [-0.1, -0.05) is 0 Å². The van der Waals surface area contributed by atoms with Crippen molar-refractivity contribution in [3.63, 3.8) is 0 Å². The lowest BCUT2D eigenvalue weighted by Gasteiger charge is -2.40. The first-order valence-corrected chi connectivity index (χ1v) is 7.98. The Bertz CT molecular complexity index is 659. The van der Waals surface area contributed by atoms with E-state index in [1.54, 1.807) is 17.4 Å². The van der Waals surface area contributed by atoms with E-state index < -0.39 is 0 Å². The molecule has 0 saturated carbocycles. The van der Waals surface area contributed by atoms with Gasteiger partial charge in [0, 0.05) is 30.9 Å². The Hall–Kier alpha value is -1.13. The number of pyridine rings is 1. The minimum absolute atomic E-state index is 0.170. The molecule has 2 bridgehead atoms. The molecular formula is C15H18N2OS. The van der Waals surface area contributed by atoms with Crippen molar-refractivity contribution in [1.82, 2.24) is 9.47 Å². The van der Waals surface area contributed by atoms with Crippen LogP contribution >= 0.6 is 11.3 Å². The smallest absolute Gasteiger partial charge is 0.199 e. The van der Waals surface area contributed by atoms with E-state index in [4.69, 9.17) is 0 Å². The molecule has 0 aliphatic carbocycles. The summed E-state index contributed by atoms with van der Waals surface area (Å²) >= 11 is 1.58. The molecule has 0 N–H and O–H groups in total. The van der Waals surface area contributed by atoms with Crippen molar-refractivity contribution < 1.29 is 0 Å². The molecule has 0 amide bonds. The summed E-state index contributed by atoms with van der Waals surface area (Å²) in [7, 11) is 0. The fourth-order valence-corrected chi connectivity index (χ4v) is 4.63. The van der Waals surface area contributed by atoms with Gasteiger partial charge in [0.1, 0.15) is 0 Å². The third-order valence-electron chi connectivity index (χ3n) is 4.92. The number of piperidine rings is 1. The second-order valence-electron chi connectivity index (χ2n) is 5.85. The Morgan fingerprint density at radius 3 is 2.79 bits per heavy atom. The standard InChI is InChI=1S/C15H18N2OS/c18-13-2-8-17(12-3-11-19-14(12)13)15-4-1-7-16(9-5-15)10-6-15/h2-3,8,11H,1,4-7,9-10H2. The van der Waals surface area contributed by atoms with Crippen LogP contribution in [0.25, 0.3) is 10.2 Å². The highest BCUT2D eigenvalue weighted by Gasteiger charge is 2.38. The van der Waals surface area contributed by atoms with E-state index in [0.29, 0.717) is 0 Å². The Morgan fingerprint density at radius 1 is 1.11 bits per heavy atom. The molecule has 3 saturated heterocycles. The molecule has 0 aromatic carbocycles. The summed E-state index contributed by atoms with van der Waals surface area (Å²) in [5.74, 6) is 0. The number of fused-ring (bicyclic) bond motifs is 5. The molecule has 2 aromatic heterocycles. The molecule has 5 heterocycles. The highest BCUT2D eigenvalue weighted by atomic mass is 32.1. The van der Waals surface area contributed by atoms with Crippen LogP contribution in [0.15, 0.2) is 28.5 Å². The molecule has 2 aromatic rings. The van der Waals surface area contributed by atoms with E-state index in [2.05, 4.69) is 15.5 Å². The van der Waals surface area contributed by atoms with Crippen molar-refractivity contribution in [3.05, 3.63) is 33.9 Å². The molecule has 3 fully saturated rings. The average Bonchev–Trinajstić information content (AvgIpc) is 2.72. The summed E-state index contributed by atoms with van der Waals surface area (Å²) in [6.45, 7) is 3.66. The van der Waals surface area contributed by atoms with Gasteiger partial charge in [-0.05, 0) is 43.7 Å². The first kappa shape index (κ1) is 11.7. The Labute approximate surface area is 116 Å². The van der Waals surface area contributed by atoms with Crippen LogP contribution in [0.1, 0.15) is 25.7 Å². The fourth-order valence-electron chi connectivity index (χ4n) is 3.82. The molecule has 4 heteroatoms. The number of thiophene rings is 1. The second-order valence-corrected chi connectivity index (χ2v) is 6.77. The normalized spacial score (nSPS) is 30.6. The largest absolute Gasteiger partial charge is 0.340 e. The maximum Gasteiger partial charge on any atom is 0.199 e. The quantitative estimate of drug-likeness (QED) is 0.799. The lowest BCUT2D eigenvalue weighted by Crippen LogP contribution is -2.43. The number of aromatic nitrogens is 1. The van der Waals surface area contributed by atoms with Crippen LogP contribution in [0.2, 0.25) is 0 Å². The zero-order valence-corrected chi connectivity index (χ0v) is 11.8. The maximum atomic E-state index is 11.9. The molecule has 3 aliphatic heterocycles. The first-order chi connectivity index (χ1) is 9.28. The van der Waals surface area contributed by atoms with Gasteiger partial charge >= 0.3 is 0 Å². The third-order valence-corrected chi connectivity index (χ3v) is 5.84. The molecule has 0 radical (unpaired) electrons. The van der Waals surface area contributed by atoms with Gasteiger partial charge in [-0.3, -0.25) is 4.79 Å². The van der Waals surface area contributed by atoms with Gasteiger partial charge < -0.3 is 9.47 Å². The van der Waals surface area contributed by atoms with Crippen LogP contribution in [0.4, 0.5) is 0 Å². The summed E-state index contributed by atoms with van der Waals surface area (Å²) in [4.78, 5) is 14.5. The predicted octanol–water partition coefficient (Wildman–Crippen LogP) is 2.65. The van der Waals surface area contributed by atoms with Gasteiger partial charge in [-0.25, -0.2) is 0 Å². The molecule has 0 atom stereocenters. The summed E-state index contributed by atoms with van der Waals surface area (Å²) in [6, 6.07) is 3.87. The Balaban J connectivity index is 1.91. The van der Waals surface area contributed by atoms with Gasteiger partial charge in [0.15, 0.2) is 5.43 Å². The molecule has 5 rings (SSSR count). The van der Waals surface area contributed by atoms with Crippen molar-refractivity contribution in [2.24, 2.45) is 0 Å². The maximum absolute atomic E-state index is 11.9. The van der Waals surface area contributed by atoms with E-state index >= 15 is 0 Å². The summed E-state index contributed by atoms with van der Waals surface area (Å²) < 4.78 is 3.34. The molecule has 0 spiro atoms. The second kappa shape index (κ2) is 4.18. The Kier molecular flexibility index (Phi) is 2.57. The van der Waals surface area contributed by atoms with Gasteiger partial charge in [-0.15, -0.1) is 11.3 Å². The number of hydrogen-bond donors (Lipinski definition) is 0. The van der Waals surface area contributed by atoms with Crippen LogP contribution in [0.3, 0.4) is 0 Å². The van der Waals surface area contributed by atoms with Crippen molar-refractivity contribution in [2.75, 3.05) is 19.6 Å². The van der Waals surface area contributed by atoms with Crippen LogP contribution < -0.4 is 5.43 Å². The molecule has 3 aliphatic rings. The molecule has 19 heavy (non-hydrogen) atoms. The summed E-state index contributed by atoms with van der Waals surface area (Å²) in [5, 5.41) is 2.05. The first-order valence-electron chi connectivity index (χ1n) is 7.10. The third kappa shape index (κ3) is 1.70. The fraction of sp³-hybridized carbons (Fsp3) is 0.533. The van der Waals surface area contributed by atoms with Crippen molar-refractivity contribution in [3.8, 4) is 0 Å². The van der Waals surface area contributed by atoms with Gasteiger partial charge in [0.25, 0.3) is 0 Å². The summed E-state index contributed by atoms with van der Waals surface area (Å²) in [5.41, 5.74) is 1.57. The number of hydrogen-bond acceptors (Lipinski definition) is 3. The van der Waals surface area contributed by atoms with Crippen LogP contribution in [-0.4, -0.2) is 29.1 Å². The van der Waals surface area contributed by atoms with Gasteiger partial charge in [0.05, 0.1) is 10.2 Å². The topological polar surface area (TPSA) is 25.2 Å². The zero-order chi connectivity index (χ0) is 12.9. The van der Waals surface area contributed by atoms with Crippen LogP contribution in [0.5, 0.6) is 0 Å². The molecule has 100 valence electrons. The van der Waals surface area contributed by atoms with Crippen molar-refractivity contribution >= 4 is 21.6 Å². The molecule has 3 nitrogen and oxygen atoms in total. The van der Waals surface area contributed by atoms with Gasteiger partial charge in [0.2, 0.25) is 0 Å². The highest BCUT2D eigenvalue weighted by molar-refractivity contribution is 7.17. The number of rotatable bonds is 1. The van der Waals surface area contributed by atoms with Crippen LogP contribution in [0, 0.1) is 0 Å². The van der Waals surface area contributed by atoms with Crippen molar-refractivity contribution in [1.29, 1.82) is 0 Å². The van der Waals surface area contributed by atoms with E-state index in [9.17, 15) is 4.79 Å². The van der Waals surface area contributed by atoms with Crippen molar-refractivity contribution in [2.45, 2.75) is 31.2 Å². The molecule has 0 unspecified atom stereocenters. The summed E-state index contributed by atoms with van der Waals surface area (Å²) in [6.07, 6.45) is 7.01. The minimum atomic E-state index is 0.170. The van der Waals surface area contributed by atoms with E-state index in [0.717, 1.165) is 10.2 Å². The lowest BCUT2D eigenvalue weighted by molar-refractivity contribution is 0.148. The SMILES string of the molecule is O=c1ccn(C23CCCN(CC2)CC3)c2ccsc12. The zero-order valence-electron chi connectivity index (χ0n) is 11.0.